The number of carbonyl (C=O) groups excluding carboxylic acids is 2. The highest BCUT2D eigenvalue weighted by Gasteiger charge is 2.49. The van der Waals surface area contributed by atoms with Gasteiger partial charge in [-0.2, -0.15) is 0 Å². The number of carboxylic acid groups (broad SMARTS) is 1. The Labute approximate surface area is 105 Å². The Hall–Kier alpha value is -1.43. The number of aliphatic carboxylic acids is 1. The monoisotopic (exact) mass is 254 g/mol. The highest BCUT2D eigenvalue weighted by Crippen LogP contribution is 2.33. The van der Waals surface area contributed by atoms with Crippen molar-refractivity contribution in [3.63, 3.8) is 0 Å². The quantitative estimate of drug-likeness (QED) is 0.507. The fourth-order valence-corrected chi connectivity index (χ4v) is 2.64. The van der Waals surface area contributed by atoms with Gasteiger partial charge in [-0.1, -0.05) is 0 Å². The van der Waals surface area contributed by atoms with E-state index in [9.17, 15) is 14.4 Å². The zero-order chi connectivity index (χ0) is 13.1. The van der Waals surface area contributed by atoms with E-state index in [1.165, 1.54) is 25.9 Å². The lowest BCUT2D eigenvalue weighted by molar-refractivity contribution is -0.149. The van der Waals surface area contributed by atoms with Gasteiger partial charge in [-0.05, 0) is 38.8 Å². The van der Waals surface area contributed by atoms with E-state index in [0.29, 0.717) is 19.3 Å². The topological polar surface area (TPSA) is 86.7 Å². The van der Waals surface area contributed by atoms with Crippen molar-refractivity contribution in [3.8, 4) is 0 Å². The Balaban J connectivity index is 0.000000202. The summed E-state index contributed by atoms with van der Waals surface area (Å²) in [6.07, 6.45) is 4.07. The minimum Gasteiger partial charge on any atom is -0.481 e. The molecule has 3 rings (SSSR count). The third-order valence-corrected chi connectivity index (χ3v) is 3.62. The molecule has 0 aromatic rings. The van der Waals surface area contributed by atoms with Crippen molar-refractivity contribution in [1.82, 2.24) is 10.2 Å². The van der Waals surface area contributed by atoms with Crippen LogP contribution in [-0.4, -0.2) is 46.9 Å². The molecule has 2 N–H and O–H groups in total. The molecule has 2 atom stereocenters. The molecule has 0 saturated carbocycles. The number of nitrogens with zero attached hydrogens (tertiary/aromatic N) is 1. The SMILES string of the molecule is C1CCNC1.O=C(O)C1CC2CCC(=O)N2C1=O. The summed E-state index contributed by atoms with van der Waals surface area (Å²) in [6.45, 7) is 2.50. The number of fused-ring (bicyclic) bond motifs is 1. The van der Waals surface area contributed by atoms with Gasteiger partial charge in [0.05, 0.1) is 0 Å². The predicted molar refractivity (Wildman–Crippen MR) is 62.7 cm³/mol. The van der Waals surface area contributed by atoms with E-state index in [0.717, 1.165) is 4.90 Å². The number of rotatable bonds is 1. The summed E-state index contributed by atoms with van der Waals surface area (Å²) in [5.74, 6) is -2.86. The van der Waals surface area contributed by atoms with Crippen LogP contribution in [0.2, 0.25) is 0 Å². The zero-order valence-corrected chi connectivity index (χ0v) is 10.2. The van der Waals surface area contributed by atoms with Crippen LogP contribution in [0.15, 0.2) is 0 Å². The van der Waals surface area contributed by atoms with Gasteiger partial charge in [0.1, 0.15) is 5.92 Å². The number of hydrogen-bond acceptors (Lipinski definition) is 4. The Morgan fingerprint density at radius 3 is 2.39 bits per heavy atom. The third kappa shape index (κ3) is 2.53. The van der Waals surface area contributed by atoms with Gasteiger partial charge in [0.25, 0.3) is 0 Å². The first-order valence-electron chi connectivity index (χ1n) is 6.40. The zero-order valence-electron chi connectivity index (χ0n) is 10.2. The first kappa shape index (κ1) is 13.0. The smallest absolute Gasteiger partial charge is 0.316 e. The van der Waals surface area contributed by atoms with Crippen LogP contribution < -0.4 is 5.32 Å². The Morgan fingerprint density at radius 1 is 1.28 bits per heavy atom. The second-order valence-electron chi connectivity index (χ2n) is 4.88. The van der Waals surface area contributed by atoms with Gasteiger partial charge in [0.15, 0.2) is 0 Å². The van der Waals surface area contributed by atoms with Gasteiger partial charge in [0, 0.05) is 12.5 Å². The van der Waals surface area contributed by atoms with Gasteiger partial charge in [-0.25, -0.2) is 0 Å². The van der Waals surface area contributed by atoms with Crippen LogP contribution in [0.1, 0.15) is 32.1 Å². The van der Waals surface area contributed by atoms with E-state index in [-0.39, 0.29) is 11.9 Å². The summed E-state index contributed by atoms with van der Waals surface area (Å²) in [4.78, 5) is 34.2. The Bertz CT molecular complexity index is 357. The summed E-state index contributed by atoms with van der Waals surface area (Å²) < 4.78 is 0. The summed E-state index contributed by atoms with van der Waals surface area (Å²) in [5, 5.41) is 11.9. The van der Waals surface area contributed by atoms with Gasteiger partial charge in [0.2, 0.25) is 11.8 Å². The standard InChI is InChI=1S/C8H9NO4.C4H9N/c10-6-2-1-4-3-5(8(12)13)7(11)9(4)6;1-2-4-5-3-1/h4-5H,1-3H2,(H,12,13);5H,1-4H2. The minimum absolute atomic E-state index is 0.152. The number of amides is 2. The molecule has 0 radical (unpaired) electrons. The molecule has 18 heavy (non-hydrogen) atoms. The lowest BCUT2D eigenvalue weighted by Crippen LogP contribution is -2.34. The number of nitrogens with one attached hydrogen (secondary N) is 1. The molecule has 3 fully saturated rings. The fourth-order valence-electron chi connectivity index (χ4n) is 2.64. The van der Waals surface area contributed by atoms with E-state index in [1.54, 1.807) is 0 Å². The summed E-state index contributed by atoms with van der Waals surface area (Å²) in [5.41, 5.74) is 0. The van der Waals surface area contributed by atoms with Gasteiger partial charge < -0.3 is 10.4 Å². The maximum atomic E-state index is 11.4. The molecular weight excluding hydrogens is 236 g/mol. The second kappa shape index (κ2) is 5.48. The van der Waals surface area contributed by atoms with E-state index in [1.807, 2.05) is 0 Å². The molecule has 0 aromatic carbocycles. The maximum absolute atomic E-state index is 11.4. The number of imide groups is 1. The van der Waals surface area contributed by atoms with Crippen LogP contribution in [0.4, 0.5) is 0 Å². The van der Waals surface area contributed by atoms with Crippen molar-refractivity contribution in [1.29, 1.82) is 0 Å². The molecule has 6 nitrogen and oxygen atoms in total. The third-order valence-electron chi connectivity index (χ3n) is 3.62. The Kier molecular flexibility index (Phi) is 3.96. The fraction of sp³-hybridized carbons (Fsp3) is 0.750. The highest BCUT2D eigenvalue weighted by atomic mass is 16.4. The van der Waals surface area contributed by atoms with Crippen LogP contribution >= 0.6 is 0 Å². The largest absolute Gasteiger partial charge is 0.481 e. The van der Waals surface area contributed by atoms with Gasteiger partial charge >= 0.3 is 5.97 Å². The van der Waals surface area contributed by atoms with Crippen LogP contribution in [-0.2, 0) is 14.4 Å². The van der Waals surface area contributed by atoms with E-state index in [2.05, 4.69) is 5.32 Å². The molecule has 0 spiro atoms. The second-order valence-corrected chi connectivity index (χ2v) is 4.88. The van der Waals surface area contributed by atoms with Crippen molar-refractivity contribution in [2.75, 3.05) is 13.1 Å². The number of carbonyl (C=O) groups is 3. The predicted octanol–water partition coefficient (Wildman–Crippen LogP) is -0.0217. The van der Waals surface area contributed by atoms with Crippen molar-refractivity contribution >= 4 is 17.8 Å². The first-order valence-corrected chi connectivity index (χ1v) is 6.40. The molecular formula is C12H18N2O4. The molecule has 3 aliphatic heterocycles. The van der Waals surface area contributed by atoms with Crippen LogP contribution in [0.25, 0.3) is 0 Å². The van der Waals surface area contributed by atoms with Crippen LogP contribution in [0.3, 0.4) is 0 Å². The molecule has 2 amide bonds. The summed E-state index contributed by atoms with van der Waals surface area (Å²) >= 11 is 0. The first-order chi connectivity index (χ1) is 8.61. The molecule has 2 unspecified atom stereocenters. The van der Waals surface area contributed by atoms with Crippen LogP contribution in [0, 0.1) is 5.92 Å². The normalized spacial score (nSPS) is 30.1. The average Bonchev–Trinajstić information content (AvgIpc) is 3.02. The van der Waals surface area contributed by atoms with Crippen LogP contribution in [0.5, 0.6) is 0 Å². The molecule has 3 heterocycles. The lowest BCUT2D eigenvalue weighted by atomic mass is 10.0. The van der Waals surface area contributed by atoms with E-state index >= 15 is 0 Å². The van der Waals surface area contributed by atoms with E-state index in [4.69, 9.17) is 5.11 Å². The van der Waals surface area contributed by atoms with E-state index < -0.39 is 17.8 Å². The molecule has 0 aliphatic carbocycles. The maximum Gasteiger partial charge on any atom is 0.316 e. The van der Waals surface area contributed by atoms with Gasteiger partial charge in [-0.3, -0.25) is 19.3 Å². The van der Waals surface area contributed by atoms with Gasteiger partial charge in [-0.15, -0.1) is 0 Å². The van der Waals surface area contributed by atoms with Crippen molar-refractivity contribution < 1.29 is 19.5 Å². The molecule has 6 heteroatoms. The Morgan fingerprint density at radius 2 is 1.94 bits per heavy atom. The molecule has 100 valence electrons. The molecule has 3 aliphatic rings. The lowest BCUT2D eigenvalue weighted by Gasteiger charge is -2.11. The summed E-state index contributed by atoms with van der Waals surface area (Å²) in [7, 11) is 0. The molecule has 0 aromatic heterocycles. The number of hydrogen-bond donors (Lipinski definition) is 2. The number of carboxylic acids is 1. The van der Waals surface area contributed by atoms with Crippen molar-refractivity contribution in [2.24, 2.45) is 5.92 Å². The summed E-state index contributed by atoms with van der Waals surface area (Å²) in [6, 6.07) is -0.152. The molecule has 3 saturated heterocycles. The molecule has 0 bridgehead atoms. The van der Waals surface area contributed by atoms with Crippen molar-refractivity contribution in [3.05, 3.63) is 0 Å². The van der Waals surface area contributed by atoms with Crippen molar-refractivity contribution in [2.45, 2.75) is 38.1 Å². The highest BCUT2D eigenvalue weighted by molar-refractivity contribution is 6.07. The minimum atomic E-state index is -1.12. The average molecular weight is 254 g/mol.